The average Bonchev–Trinajstić information content (AvgIpc) is 3.47. The second-order valence-corrected chi connectivity index (χ2v) is 9.43. The van der Waals surface area contributed by atoms with E-state index in [0.717, 1.165) is 11.3 Å². The fourth-order valence-corrected chi connectivity index (χ4v) is 4.81. The summed E-state index contributed by atoms with van der Waals surface area (Å²) in [7, 11) is 0. The van der Waals surface area contributed by atoms with Gasteiger partial charge >= 0.3 is 5.69 Å². The first-order chi connectivity index (χ1) is 17.9. The Bertz CT molecular complexity index is 1630. The van der Waals surface area contributed by atoms with Crippen LogP contribution in [0.25, 0.3) is 11.4 Å². The van der Waals surface area contributed by atoms with Gasteiger partial charge in [-0.05, 0) is 59.8 Å². The van der Waals surface area contributed by atoms with Crippen LogP contribution in [0.15, 0.2) is 82.7 Å². The standard InChI is InChI=1S/C24H19ClN8O3S/c1-16-7-12-21(33(35)36)17(13-16)15-37-23-27-26-22(31(23)19-5-3-2-4-6-19)14-30-24(34)32(29-28-30)20-10-8-18(25)9-11-20/h2-13H,14-15H2,1H3. The number of tetrazole rings is 1. The third-order valence-electron chi connectivity index (χ3n) is 5.51. The van der Waals surface area contributed by atoms with E-state index in [9.17, 15) is 14.9 Å². The lowest BCUT2D eigenvalue weighted by Gasteiger charge is -2.10. The first-order valence-electron chi connectivity index (χ1n) is 11.1. The van der Waals surface area contributed by atoms with Crippen LogP contribution in [-0.2, 0) is 12.3 Å². The van der Waals surface area contributed by atoms with Gasteiger partial charge in [0.2, 0.25) is 0 Å². The van der Waals surface area contributed by atoms with Gasteiger partial charge in [-0.15, -0.1) is 10.2 Å². The zero-order valence-corrected chi connectivity index (χ0v) is 21.0. The van der Waals surface area contributed by atoms with Crippen molar-refractivity contribution in [2.75, 3.05) is 0 Å². The number of benzene rings is 3. The SMILES string of the molecule is Cc1ccc([N+](=O)[O-])c(CSc2nnc(Cn3nnn(-c4ccc(Cl)cc4)c3=O)n2-c2ccccc2)c1. The van der Waals surface area contributed by atoms with E-state index in [0.29, 0.717) is 33.0 Å². The summed E-state index contributed by atoms with van der Waals surface area (Å²) >= 11 is 7.26. The maximum absolute atomic E-state index is 13.0. The van der Waals surface area contributed by atoms with Gasteiger partial charge in [-0.3, -0.25) is 14.7 Å². The highest BCUT2D eigenvalue weighted by molar-refractivity contribution is 7.98. The molecule has 0 aliphatic carbocycles. The molecular weight excluding hydrogens is 516 g/mol. The van der Waals surface area contributed by atoms with Crippen molar-refractivity contribution in [3.05, 3.63) is 115 Å². The second-order valence-electron chi connectivity index (χ2n) is 8.06. The smallest absolute Gasteiger partial charge is 0.272 e. The molecular formula is C24H19ClN8O3S. The molecule has 2 aromatic heterocycles. The monoisotopic (exact) mass is 534 g/mol. The molecule has 0 radical (unpaired) electrons. The van der Waals surface area contributed by atoms with Crippen LogP contribution in [0.3, 0.4) is 0 Å². The Labute approximate surface area is 219 Å². The number of para-hydroxylation sites is 1. The highest BCUT2D eigenvalue weighted by Gasteiger charge is 2.20. The maximum atomic E-state index is 13.0. The topological polar surface area (TPSA) is 127 Å². The summed E-state index contributed by atoms with van der Waals surface area (Å²) in [5, 5.41) is 29.2. The van der Waals surface area contributed by atoms with E-state index in [-0.39, 0.29) is 17.2 Å². The van der Waals surface area contributed by atoms with Crippen LogP contribution in [-0.4, -0.2) is 39.5 Å². The van der Waals surface area contributed by atoms with Crippen LogP contribution in [0, 0.1) is 17.0 Å². The molecule has 37 heavy (non-hydrogen) atoms. The van der Waals surface area contributed by atoms with E-state index in [1.54, 1.807) is 41.0 Å². The number of hydrogen-bond acceptors (Lipinski definition) is 8. The van der Waals surface area contributed by atoms with Crippen molar-refractivity contribution in [1.82, 2.24) is 34.6 Å². The van der Waals surface area contributed by atoms with Gasteiger partial charge < -0.3 is 0 Å². The van der Waals surface area contributed by atoms with Crippen LogP contribution >= 0.6 is 23.4 Å². The zero-order valence-electron chi connectivity index (χ0n) is 19.4. The highest BCUT2D eigenvalue weighted by Crippen LogP contribution is 2.30. The Balaban J connectivity index is 1.48. The number of aryl methyl sites for hydroxylation is 1. The quantitative estimate of drug-likeness (QED) is 0.164. The van der Waals surface area contributed by atoms with Crippen LogP contribution in [0.4, 0.5) is 5.69 Å². The lowest BCUT2D eigenvalue weighted by molar-refractivity contribution is -0.385. The molecule has 0 N–H and O–H groups in total. The largest absolute Gasteiger partial charge is 0.368 e. The number of halogens is 1. The summed E-state index contributed by atoms with van der Waals surface area (Å²) in [5.41, 5.74) is 2.42. The fraction of sp³-hybridized carbons (Fsp3) is 0.125. The predicted octanol–water partition coefficient (Wildman–Crippen LogP) is 4.22. The molecule has 0 unspecified atom stereocenters. The van der Waals surface area contributed by atoms with Crippen molar-refractivity contribution in [2.24, 2.45) is 0 Å². The molecule has 0 aliphatic heterocycles. The van der Waals surface area contributed by atoms with Gasteiger partial charge in [0.1, 0.15) is 6.54 Å². The molecule has 5 rings (SSSR count). The molecule has 0 saturated heterocycles. The van der Waals surface area contributed by atoms with E-state index in [1.165, 1.54) is 27.2 Å². The second kappa shape index (κ2) is 10.4. The van der Waals surface area contributed by atoms with Crippen LogP contribution in [0.2, 0.25) is 5.02 Å². The van der Waals surface area contributed by atoms with Gasteiger partial charge in [0.25, 0.3) is 5.69 Å². The minimum absolute atomic E-state index is 0.0134. The number of nitrogens with zero attached hydrogens (tertiary/aromatic N) is 8. The summed E-state index contributed by atoms with van der Waals surface area (Å²) in [6.07, 6.45) is 0. The number of hydrogen-bond donors (Lipinski definition) is 0. The van der Waals surface area contributed by atoms with Gasteiger partial charge in [0.05, 0.1) is 10.6 Å². The van der Waals surface area contributed by atoms with E-state index >= 15 is 0 Å². The molecule has 0 fully saturated rings. The molecule has 186 valence electrons. The van der Waals surface area contributed by atoms with Gasteiger partial charge in [0, 0.05) is 28.1 Å². The van der Waals surface area contributed by atoms with Crippen molar-refractivity contribution in [3.8, 4) is 11.4 Å². The third kappa shape index (κ3) is 5.15. The zero-order chi connectivity index (χ0) is 25.9. The van der Waals surface area contributed by atoms with Gasteiger partial charge in [-0.25, -0.2) is 4.79 Å². The van der Waals surface area contributed by atoms with Crippen molar-refractivity contribution in [1.29, 1.82) is 0 Å². The summed E-state index contributed by atoms with van der Waals surface area (Å²) in [4.78, 5) is 24.1. The molecule has 2 heterocycles. The predicted molar refractivity (Wildman–Crippen MR) is 138 cm³/mol. The number of aromatic nitrogens is 7. The van der Waals surface area contributed by atoms with Crippen molar-refractivity contribution in [3.63, 3.8) is 0 Å². The molecule has 0 saturated carbocycles. The maximum Gasteiger partial charge on any atom is 0.368 e. The van der Waals surface area contributed by atoms with E-state index in [4.69, 9.17) is 11.6 Å². The molecule has 0 spiro atoms. The lowest BCUT2D eigenvalue weighted by atomic mass is 10.1. The number of nitro benzene ring substituents is 1. The molecule has 0 aliphatic rings. The third-order valence-corrected chi connectivity index (χ3v) is 6.73. The Morgan fingerprint density at radius 2 is 1.73 bits per heavy atom. The minimum Gasteiger partial charge on any atom is -0.272 e. The Morgan fingerprint density at radius 3 is 2.46 bits per heavy atom. The van der Waals surface area contributed by atoms with Gasteiger partial charge in [0.15, 0.2) is 11.0 Å². The fourth-order valence-electron chi connectivity index (χ4n) is 3.73. The first kappa shape index (κ1) is 24.4. The Hall–Kier alpha value is -4.29. The van der Waals surface area contributed by atoms with Gasteiger partial charge in [-0.1, -0.05) is 53.2 Å². The molecule has 0 bridgehead atoms. The molecule has 13 heteroatoms. The molecule has 0 atom stereocenters. The average molecular weight is 535 g/mol. The number of nitro groups is 1. The summed E-state index contributed by atoms with van der Waals surface area (Å²) in [5.74, 6) is 0.771. The Kier molecular flexibility index (Phi) is 6.84. The summed E-state index contributed by atoms with van der Waals surface area (Å²) in [6, 6.07) is 21.1. The minimum atomic E-state index is -0.450. The van der Waals surface area contributed by atoms with Gasteiger partial charge in [-0.2, -0.15) is 9.36 Å². The summed E-state index contributed by atoms with van der Waals surface area (Å²) in [6.45, 7) is 1.90. The molecule has 5 aromatic rings. The lowest BCUT2D eigenvalue weighted by Crippen LogP contribution is -2.25. The Morgan fingerprint density at radius 1 is 0.973 bits per heavy atom. The van der Waals surface area contributed by atoms with E-state index in [1.807, 2.05) is 37.3 Å². The highest BCUT2D eigenvalue weighted by atomic mass is 35.5. The molecule has 3 aromatic carbocycles. The van der Waals surface area contributed by atoms with E-state index in [2.05, 4.69) is 20.6 Å². The van der Waals surface area contributed by atoms with Crippen molar-refractivity contribution >= 4 is 29.1 Å². The number of rotatable bonds is 8. The first-order valence-corrected chi connectivity index (χ1v) is 12.4. The normalized spacial score (nSPS) is 11.1. The van der Waals surface area contributed by atoms with E-state index < -0.39 is 5.69 Å². The summed E-state index contributed by atoms with van der Waals surface area (Å²) < 4.78 is 4.17. The van der Waals surface area contributed by atoms with Crippen LogP contribution in [0.5, 0.6) is 0 Å². The van der Waals surface area contributed by atoms with Crippen LogP contribution in [0.1, 0.15) is 17.0 Å². The van der Waals surface area contributed by atoms with Crippen molar-refractivity contribution in [2.45, 2.75) is 24.4 Å². The van der Waals surface area contributed by atoms with Crippen LogP contribution < -0.4 is 5.69 Å². The number of thioether (sulfide) groups is 1. The molecule has 0 amide bonds. The van der Waals surface area contributed by atoms with Crippen molar-refractivity contribution < 1.29 is 4.92 Å². The molecule has 11 nitrogen and oxygen atoms in total.